The minimum absolute atomic E-state index is 0.0564. The van der Waals surface area contributed by atoms with Gasteiger partial charge in [0, 0.05) is 24.2 Å². The number of sulfonamides is 1. The summed E-state index contributed by atoms with van der Waals surface area (Å²) in [5, 5.41) is 6.66. The molecule has 162 valence electrons. The van der Waals surface area contributed by atoms with Crippen LogP contribution in [0, 0.1) is 0 Å². The highest BCUT2D eigenvalue weighted by atomic mass is 32.2. The van der Waals surface area contributed by atoms with Crippen molar-refractivity contribution in [3.05, 3.63) is 71.6 Å². The number of nitrogens with one attached hydrogen (secondary N) is 1. The lowest BCUT2D eigenvalue weighted by atomic mass is 10.1. The first-order valence-corrected chi connectivity index (χ1v) is 11.9. The predicted molar refractivity (Wildman–Crippen MR) is 115 cm³/mol. The van der Waals surface area contributed by atoms with E-state index in [-0.39, 0.29) is 18.2 Å². The van der Waals surface area contributed by atoms with Crippen molar-refractivity contribution in [1.29, 1.82) is 0 Å². The minimum atomic E-state index is -3.33. The third-order valence-corrected chi connectivity index (χ3v) is 7.02. The molecule has 0 unspecified atom stereocenters. The van der Waals surface area contributed by atoms with Crippen molar-refractivity contribution in [2.24, 2.45) is 0 Å². The van der Waals surface area contributed by atoms with Crippen LogP contribution in [0.25, 0.3) is 11.4 Å². The topological polar surface area (TPSA) is 105 Å². The van der Waals surface area contributed by atoms with Crippen LogP contribution in [0.2, 0.25) is 0 Å². The number of carbonyl (C=O) groups is 1. The maximum Gasteiger partial charge on any atom is 0.251 e. The molecule has 0 spiro atoms. The summed E-state index contributed by atoms with van der Waals surface area (Å²) in [7, 11) is -3.33. The maximum atomic E-state index is 12.6. The molecule has 31 heavy (non-hydrogen) atoms. The summed E-state index contributed by atoms with van der Waals surface area (Å²) in [6.07, 6.45) is 2.89. The summed E-state index contributed by atoms with van der Waals surface area (Å²) in [4.78, 5) is 16.7. The first-order chi connectivity index (χ1) is 15.0. The Balaban J connectivity index is 1.33. The average molecular weight is 441 g/mol. The number of nitrogens with zero attached hydrogens (tertiary/aromatic N) is 3. The van der Waals surface area contributed by atoms with Crippen molar-refractivity contribution >= 4 is 15.9 Å². The van der Waals surface area contributed by atoms with Crippen LogP contribution in [0.1, 0.15) is 41.1 Å². The van der Waals surface area contributed by atoms with Gasteiger partial charge in [-0.05, 0) is 30.5 Å². The fraction of sp³-hybridized carbons (Fsp3) is 0.318. The Labute approximate surface area is 181 Å². The van der Waals surface area contributed by atoms with Gasteiger partial charge in [-0.3, -0.25) is 4.79 Å². The molecule has 9 heteroatoms. The fourth-order valence-electron chi connectivity index (χ4n) is 3.49. The highest BCUT2D eigenvalue weighted by Crippen LogP contribution is 2.18. The second-order valence-electron chi connectivity index (χ2n) is 7.47. The van der Waals surface area contributed by atoms with Crippen molar-refractivity contribution in [2.45, 2.75) is 31.6 Å². The molecule has 0 saturated carbocycles. The molecule has 1 fully saturated rings. The zero-order valence-electron chi connectivity index (χ0n) is 17.0. The lowest BCUT2D eigenvalue weighted by Crippen LogP contribution is -2.36. The SMILES string of the molecule is O=C(NCc1nc(-c2ccccc2)no1)c1ccc(CS(=O)(=O)N2CCCCC2)cc1. The molecule has 8 nitrogen and oxygen atoms in total. The van der Waals surface area contributed by atoms with Crippen molar-refractivity contribution in [3.63, 3.8) is 0 Å². The molecule has 0 bridgehead atoms. The number of benzene rings is 2. The van der Waals surface area contributed by atoms with Gasteiger partial charge < -0.3 is 9.84 Å². The number of amides is 1. The predicted octanol–water partition coefficient (Wildman–Crippen LogP) is 2.98. The summed E-state index contributed by atoms with van der Waals surface area (Å²) >= 11 is 0. The summed E-state index contributed by atoms with van der Waals surface area (Å²) in [5.74, 6) is 0.407. The van der Waals surface area contributed by atoms with Gasteiger partial charge in [0.05, 0.1) is 12.3 Å². The van der Waals surface area contributed by atoms with Crippen molar-refractivity contribution in [1.82, 2.24) is 19.8 Å². The van der Waals surface area contributed by atoms with Gasteiger partial charge in [0.25, 0.3) is 5.91 Å². The van der Waals surface area contributed by atoms with E-state index in [1.54, 1.807) is 28.6 Å². The van der Waals surface area contributed by atoms with Crippen LogP contribution >= 0.6 is 0 Å². The third kappa shape index (κ3) is 5.36. The molecule has 0 aliphatic carbocycles. The largest absolute Gasteiger partial charge is 0.343 e. The fourth-order valence-corrected chi connectivity index (χ4v) is 5.10. The zero-order valence-corrected chi connectivity index (χ0v) is 17.8. The first kappa shape index (κ1) is 21.2. The molecular formula is C22H24N4O4S. The number of hydrogen-bond acceptors (Lipinski definition) is 6. The summed E-state index contributed by atoms with van der Waals surface area (Å²) in [5.41, 5.74) is 1.92. The second-order valence-corrected chi connectivity index (χ2v) is 9.44. The van der Waals surface area contributed by atoms with E-state index in [4.69, 9.17) is 4.52 Å². The van der Waals surface area contributed by atoms with Gasteiger partial charge in [0.1, 0.15) is 0 Å². The number of piperidine rings is 1. The molecule has 1 N–H and O–H groups in total. The minimum Gasteiger partial charge on any atom is -0.343 e. The molecule has 1 aromatic heterocycles. The van der Waals surface area contributed by atoms with Crippen LogP contribution in [-0.4, -0.2) is 41.9 Å². The molecule has 1 amide bonds. The normalized spacial score (nSPS) is 15.0. The summed E-state index contributed by atoms with van der Waals surface area (Å²) in [6, 6.07) is 16.0. The molecule has 1 aliphatic heterocycles. The van der Waals surface area contributed by atoms with Crippen LogP contribution in [0.4, 0.5) is 0 Å². The Bertz CT molecular complexity index is 1120. The van der Waals surface area contributed by atoms with E-state index in [0.717, 1.165) is 24.8 Å². The highest BCUT2D eigenvalue weighted by molar-refractivity contribution is 7.88. The quantitative estimate of drug-likeness (QED) is 0.606. The Kier molecular flexibility index (Phi) is 6.43. The van der Waals surface area contributed by atoms with Crippen molar-refractivity contribution in [2.75, 3.05) is 13.1 Å². The number of aromatic nitrogens is 2. The maximum absolute atomic E-state index is 12.6. The summed E-state index contributed by atoms with van der Waals surface area (Å²) < 4.78 is 31.9. The summed E-state index contributed by atoms with van der Waals surface area (Å²) in [6.45, 7) is 1.28. The number of rotatable bonds is 7. The molecule has 0 atom stereocenters. The van der Waals surface area contributed by atoms with Crippen molar-refractivity contribution in [3.8, 4) is 11.4 Å². The van der Waals surface area contributed by atoms with Gasteiger partial charge in [-0.15, -0.1) is 0 Å². The van der Waals surface area contributed by atoms with E-state index in [0.29, 0.717) is 35.9 Å². The van der Waals surface area contributed by atoms with Gasteiger partial charge in [0.15, 0.2) is 0 Å². The molecule has 1 saturated heterocycles. The Morgan fingerprint density at radius 1 is 1.00 bits per heavy atom. The molecular weight excluding hydrogens is 416 g/mol. The Morgan fingerprint density at radius 3 is 2.42 bits per heavy atom. The highest BCUT2D eigenvalue weighted by Gasteiger charge is 2.24. The molecule has 0 radical (unpaired) electrons. The van der Waals surface area contributed by atoms with E-state index in [9.17, 15) is 13.2 Å². The van der Waals surface area contributed by atoms with Gasteiger partial charge in [-0.2, -0.15) is 4.98 Å². The third-order valence-electron chi connectivity index (χ3n) is 5.17. The van der Waals surface area contributed by atoms with Crippen LogP contribution < -0.4 is 5.32 Å². The lowest BCUT2D eigenvalue weighted by Gasteiger charge is -2.25. The Morgan fingerprint density at radius 2 is 1.71 bits per heavy atom. The van der Waals surface area contributed by atoms with Gasteiger partial charge >= 0.3 is 0 Å². The van der Waals surface area contributed by atoms with E-state index in [1.165, 1.54) is 0 Å². The van der Waals surface area contributed by atoms with Gasteiger partial charge in [-0.1, -0.05) is 54.0 Å². The molecule has 4 rings (SSSR count). The molecule has 1 aliphatic rings. The van der Waals surface area contributed by atoms with Gasteiger partial charge in [-0.25, -0.2) is 12.7 Å². The Hall–Kier alpha value is -3.04. The van der Waals surface area contributed by atoms with Crippen LogP contribution in [-0.2, 0) is 22.3 Å². The van der Waals surface area contributed by atoms with Gasteiger partial charge in [0.2, 0.25) is 21.7 Å². The van der Waals surface area contributed by atoms with E-state index in [1.807, 2.05) is 30.3 Å². The molecule has 2 aromatic carbocycles. The van der Waals surface area contributed by atoms with Crippen LogP contribution in [0.5, 0.6) is 0 Å². The molecule has 2 heterocycles. The van der Waals surface area contributed by atoms with Crippen LogP contribution in [0.15, 0.2) is 59.1 Å². The monoisotopic (exact) mass is 440 g/mol. The number of carbonyl (C=O) groups excluding carboxylic acids is 1. The lowest BCUT2D eigenvalue weighted by molar-refractivity contribution is 0.0946. The second kappa shape index (κ2) is 9.40. The van der Waals surface area contributed by atoms with E-state index >= 15 is 0 Å². The van der Waals surface area contributed by atoms with E-state index in [2.05, 4.69) is 15.5 Å². The molecule has 3 aromatic rings. The standard InChI is InChI=1S/C22H24N4O4S/c27-22(23-15-20-24-21(25-30-20)18-7-3-1-4-8-18)19-11-9-17(10-12-19)16-31(28,29)26-13-5-2-6-14-26/h1,3-4,7-12H,2,5-6,13-16H2,(H,23,27). The first-order valence-electron chi connectivity index (χ1n) is 10.2. The van der Waals surface area contributed by atoms with Crippen LogP contribution in [0.3, 0.4) is 0 Å². The zero-order chi connectivity index (χ0) is 21.7. The van der Waals surface area contributed by atoms with Crippen molar-refractivity contribution < 1.29 is 17.7 Å². The average Bonchev–Trinajstić information content (AvgIpc) is 3.28. The van der Waals surface area contributed by atoms with E-state index < -0.39 is 10.0 Å². The smallest absolute Gasteiger partial charge is 0.251 e. The number of hydrogen-bond donors (Lipinski definition) is 1.